The van der Waals surface area contributed by atoms with Crippen LogP contribution in [0.15, 0.2) is 24.8 Å². The summed E-state index contributed by atoms with van der Waals surface area (Å²) >= 11 is 0. The van der Waals surface area contributed by atoms with E-state index in [0.29, 0.717) is 0 Å². The fraction of sp³-hybridized carbons (Fsp3) is 0.400. The fourth-order valence-corrected chi connectivity index (χ4v) is 1.30. The molecule has 0 atom stereocenters. The quantitative estimate of drug-likeness (QED) is 0.690. The Labute approximate surface area is 82.3 Å². The van der Waals surface area contributed by atoms with Crippen LogP contribution in [0.25, 0.3) is 11.0 Å². The number of hydrogen-bond acceptors (Lipinski definition) is 3. The largest absolute Gasteiger partial charge is 0.381 e. The molecule has 1 fully saturated rings. The first-order valence-corrected chi connectivity index (χ1v) is 4.77. The van der Waals surface area contributed by atoms with E-state index in [9.17, 15) is 0 Å². The van der Waals surface area contributed by atoms with Crippen molar-refractivity contribution in [2.24, 2.45) is 0 Å². The number of nitrogens with one attached hydrogen (secondary N) is 1. The first-order valence-electron chi connectivity index (χ1n) is 4.77. The first-order chi connectivity index (χ1) is 6.97. The number of nitrogens with zero attached hydrogens (tertiary/aromatic N) is 2. The predicted octanol–water partition coefficient (Wildman–Crippen LogP) is 1.75. The summed E-state index contributed by atoms with van der Waals surface area (Å²) in [6.45, 7) is 2.00. The van der Waals surface area contributed by atoms with E-state index in [2.05, 4.69) is 15.0 Å². The van der Waals surface area contributed by atoms with Gasteiger partial charge in [0.05, 0.1) is 0 Å². The number of ether oxygens (including phenoxy) is 1. The number of fused-ring (bicyclic) bond motifs is 1. The van der Waals surface area contributed by atoms with Gasteiger partial charge in [-0.2, -0.15) is 0 Å². The van der Waals surface area contributed by atoms with Crippen molar-refractivity contribution in [2.45, 2.75) is 12.8 Å². The van der Waals surface area contributed by atoms with Crippen LogP contribution >= 0.6 is 0 Å². The Morgan fingerprint density at radius 3 is 2.79 bits per heavy atom. The molecule has 0 aromatic carbocycles. The van der Waals surface area contributed by atoms with Crippen molar-refractivity contribution in [3.63, 3.8) is 0 Å². The van der Waals surface area contributed by atoms with Gasteiger partial charge in [0.2, 0.25) is 0 Å². The number of aromatic amines is 1. The maximum atomic E-state index is 4.94. The van der Waals surface area contributed by atoms with Gasteiger partial charge < -0.3 is 9.72 Å². The van der Waals surface area contributed by atoms with Crippen LogP contribution in [0.4, 0.5) is 0 Å². The van der Waals surface area contributed by atoms with Crippen molar-refractivity contribution in [1.82, 2.24) is 15.0 Å². The molecule has 1 aliphatic rings. The van der Waals surface area contributed by atoms with Crippen molar-refractivity contribution in [2.75, 3.05) is 13.2 Å². The molecule has 1 saturated heterocycles. The lowest BCUT2D eigenvalue weighted by Crippen LogP contribution is -1.75. The van der Waals surface area contributed by atoms with Crippen molar-refractivity contribution in [1.29, 1.82) is 0 Å². The molecular formula is C10H13N3O. The molecule has 0 spiro atoms. The van der Waals surface area contributed by atoms with Crippen molar-refractivity contribution in [3.05, 3.63) is 24.8 Å². The minimum absolute atomic E-state index is 0.894. The average molecular weight is 191 g/mol. The monoisotopic (exact) mass is 191 g/mol. The minimum Gasteiger partial charge on any atom is -0.381 e. The molecule has 0 radical (unpaired) electrons. The average Bonchev–Trinajstić information content (AvgIpc) is 2.92. The molecule has 1 N–H and O–H groups in total. The molecule has 14 heavy (non-hydrogen) atoms. The second kappa shape index (κ2) is 4.72. The molecule has 3 rings (SSSR count). The van der Waals surface area contributed by atoms with Crippen LogP contribution in [-0.4, -0.2) is 28.2 Å². The summed E-state index contributed by atoms with van der Waals surface area (Å²) in [5, 5.41) is 1.05. The zero-order valence-corrected chi connectivity index (χ0v) is 7.94. The summed E-state index contributed by atoms with van der Waals surface area (Å²) in [6, 6.07) is 1.94. The summed E-state index contributed by atoms with van der Waals surface area (Å²) in [5.41, 5.74) is 0.894. The van der Waals surface area contributed by atoms with E-state index in [1.807, 2.05) is 12.3 Å². The van der Waals surface area contributed by atoms with Crippen molar-refractivity contribution in [3.8, 4) is 0 Å². The third-order valence-electron chi connectivity index (χ3n) is 2.05. The highest BCUT2D eigenvalue weighted by Gasteiger charge is 1.94. The first kappa shape index (κ1) is 9.15. The van der Waals surface area contributed by atoms with Gasteiger partial charge in [-0.15, -0.1) is 0 Å². The Hall–Kier alpha value is -1.42. The van der Waals surface area contributed by atoms with Gasteiger partial charge in [-0.1, -0.05) is 0 Å². The van der Waals surface area contributed by atoms with E-state index in [1.165, 1.54) is 19.2 Å². The molecule has 2 aromatic heterocycles. The van der Waals surface area contributed by atoms with Crippen LogP contribution in [0, 0.1) is 0 Å². The molecule has 1 aliphatic heterocycles. The molecule has 4 nitrogen and oxygen atoms in total. The molecule has 0 saturated carbocycles. The molecule has 2 aromatic rings. The Kier molecular flexibility index (Phi) is 3.08. The van der Waals surface area contributed by atoms with Crippen molar-refractivity contribution < 1.29 is 4.74 Å². The number of aromatic nitrogens is 3. The Morgan fingerprint density at radius 1 is 1.29 bits per heavy atom. The van der Waals surface area contributed by atoms with Gasteiger partial charge in [-0.05, 0) is 18.9 Å². The van der Waals surface area contributed by atoms with Gasteiger partial charge in [0.15, 0.2) is 0 Å². The highest BCUT2D eigenvalue weighted by Crippen LogP contribution is 2.03. The highest BCUT2D eigenvalue weighted by molar-refractivity contribution is 5.73. The smallest absolute Gasteiger partial charge is 0.140 e. The third-order valence-corrected chi connectivity index (χ3v) is 2.05. The van der Waals surface area contributed by atoms with E-state index in [1.54, 1.807) is 6.20 Å². The topological polar surface area (TPSA) is 50.8 Å². The molecule has 3 heterocycles. The molecule has 0 unspecified atom stereocenters. The third kappa shape index (κ3) is 2.29. The molecule has 0 amide bonds. The summed E-state index contributed by atoms with van der Waals surface area (Å²) in [6.07, 6.45) is 7.71. The lowest BCUT2D eigenvalue weighted by atomic mass is 10.4. The fourth-order valence-electron chi connectivity index (χ4n) is 1.30. The van der Waals surface area contributed by atoms with Crippen LogP contribution in [0.3, 0.4) is 0 Å². The second-order valence-electron chi connectivity index (χ2n) is 3.12. The van der Waals surface area contributed by atoms with Crippen LogP contribution < -0.4 is 0 Å². The number of rotatable bonds is 0. The number of hydrogen-bond donors (Lipinski definition) is 1. The molecule has 74 valence electrons. The minimum atomic E-state index is 0.894. The maximum Gasteiger partial charge on any atom is 0.140 e. The molecule has 0 aliphatic carbocycles. The SMILES string of the molecule is C1CCOC1.c1ncc2cc[nH]c2n1. The van der Waals surface area contributed by atoms with Gasteiger partial charge in [0.1, 0.15) is 12.0 Å². The molecule has 4 heteroatoms. The standard InChI is InChI=1S/C6H5N3.C4H8O/c1-2-8-6-5(1)3-7-4-9-6;1-2-4-5-3-1/h1-4H,(H,7,8,9);1-4H2. The van der Waals surface area contributed by atoms with Gasteiger partial charge in [-0.25, -0.2) is 9.97 Å². The predicted molar refractivity (Wildman–Crippen MR) is 53.9 cm³/mol. The van der Waals surface area contributed by atoms with Gasteiger partial charge in [0.25, 0.3) is 0 Å². The van der Waals surface area contributed by atoms with Gasteiger partial charge >= 0.3 is 0 Å². The van der Waals surface area contributed by atoms with Crippen LogP contribution in [-0.2, 0) is 4.74 Å². The normalized spacial score (nSPS) is 15.1. The van der Waals surface area contributed by atoms with E-state index in [0.717, 1.165) is 24.2 Å². The van der Waals surface area contributed by atoms with Crippen LogP contribution in [0.5, 0.6) is 0 Å². The summed E-state index contributed by atoms with van der Waals surface area (Å²) in [7, 11) is 0. The lowest BCUT2D eigenvalue weighted by molar-refractivity contribution is 0.198. The Morgan fingerprint density at radius 2 is 2.14 bits per heavy atom. The van der Waals surface area contributed by atoms with E-state index in [4.69, 9.17) is 4.74 Å². The summed E-state index contributed by atoms with van der Waals surface area (Å²) < 4.78 is 4.94. The maximum absolute atomic E-state index is 4.94. The van der Waals surface area contributed by atoms with Crippen LogP contribution in [0.2, 0.25) is 0 Å². The van der Waals surface area contributed by atoms with E-state index in [-0.39, 0.29) is 0 Å². The van der Waals surface area contributed by atoms with E-state index >= 15 is 0 Å². The Balaban J connectivity index is 0.000000128. The zero-order chi connectivity index (χ0) is 9.64. The van der Waals surface area contributed by atoms with E-state index < -0.39 is 0 Å². The summed E-state index contributed by atoms with van der Waals surface area (Å²) in [5.74, 6) is 0. The Bertz CT molecular complexity index is 344. The second-order valence-corrected chi connectivity index (χ2v) is 3.12. The molecular weight excluding hydrogens is 178 g/mol. The van der Waals surface area contributed by atoms with Gasteiger partial charge in [-0.3, -0.25) is 0 Å². The van der Waals surface area contributed by atoms with Crippen LogP contribution in [0.1, 0.15) is 12.8 Å². The number of H-pyrrole nitrogens is 1. The zero-order valence-electron chi connectivity index (χ0n) is 7.94. The molecule has 0 bridgehead atoms. The summed E-state index contributed by atoms with van der Waals surface area (Å²) in [4.78, 5) is 10.8. The van der Waals surface area contributed by atoms with Gasteiger partial charge in [0, 0.05) is 31.0 Å². The van der Waals surface area contributed by atoms with Crippen molar-refractivity contribution >= 4 is 11.0 Å². The lowest BCUT2D eigenvalue weighted by Gasteiger charge is -1.81. The highest BCUT2D eigenvalue weighted by atomic mass is 16.5.